The van der Waals surface area contributed by atoms with Gasteiger partial charge in [-0.2, -0.15) is 4.31 Å². The van der Waals surface area contributed by atoms with Crippen LogP contribution in [0.3, 0.4) is 0 Å². The number of amides is 2. The average Bonchev–Trinajstić information content (AvgIpc) is 3.24. The van der Waals surface area contributed by atoms with Crippen molar-refractivity contribution in [3.8, 4) is 5.75 Å². The Labute approximate surface area is 207 Å². The molecule has 4 rings (SSSR count). The van der Waals surface area contributed by atoms with Gasteiger partial charge in [0.15, 0.2) is 0 Å². The summed E-state index contributed by atoms with van der Waals surface area (Å²) in [5.41, 5.74) is 5.16. The molecule has 1 fully saturated rings. The normalized spacial score (nSPS) is 18.4. The molecular weight excluding hydrogens is 466 g/mol. The molecule has 0 bridgehead atoms. The maximum absolute atomic E-state index is 12.9. The number of benzene rings is 2. The Balaban J connectivity index is 1.25. The molecule has 35 heavy (non-hydrogen) atoms. The molecule has 0 aromatic heterocycles. The number of methoxy groups -OCH3 is 1. The average molecular weight is 500 g/mol. The number of hydrogen-bond donors (Lipinski definition) is 1. The first-order chi connectivity index (χ1) is 16.7. The number of anilines is 1. The minimum atomic E-state index is -3.43. The van der Waals surface area contributed by atoms with Crippen LogP contribution in [0.25, 0.3) is 0 Å². The Morgan fingerprint density at radius 1 is 1.11 bits per heavy atom. The molecule has 2 aliphatic rings. The number of hydrogen-bond acceptors (Lipinski definition) is 5. The molecule has 2 heterocycles. The predicted octanol–water partition coefficient (Wildman–Crippen LogP) is 2.56. The summed E-state index contributed by atoms with van der Waals surface area (Å²) in [4.78, 5) is 26.8. The molecule has 1 saturated heterocycles. The maximum atomic E-state index is 12.9. The SMILES string of the molecule is COc1ccc2c(c1)CCN(S(=O)(=O)CCCNC(=O)C1CC(=O)N(c3ccc(C)c(C)c3)C1)C2. The number of carbonyl (C=O) groups excluding carboxylic acids is 2. The van der Waals surface area contributed by atoms with Crippen molar-refractivity contribution in [1.82, 2.24) is 9.62 Å². The maximum Gasteiger partial charge on any atom is 0.227 e. The summed E-state index contributed by atoms with van der Waals surface area (Å²) >= 11 is 0. The van der Waals surface area contributed by atoms with Crippen LogP contribution in [0.2, 0.25) is 0 Å². The third-order valence-corrected chi connectivity index (χ3v) is 8.86. The smallest absolute Gasteiger partial charge is 0.227 e. The molecule has 1 unspecified atom stereocenters. The third kappa shape index (κ3) is 5.67. The van der Waals surface area contributed by atoms with E-state index in [0.717, 1.165) is 33.7 Å². The highest BCUT2D eigenvalue weighted by Crippen LogP contribution is 2.27. The second-order valence-electron chi connectivity index (χ2n) is 9.35. The molecule has 0 radical (unpaired) electrons. The van der Waals surface area contributed by atoms with E-state index in [4.69, 9.17) is 4.74 Å². The van der Waals surface area contributed by atoms with Crippen LogP contribution in [-0.2, 0) is 32.6 Å². The predicted molar refractivity (Wildman–Crippen MR) is 135 cm³/mol. The van der Waals surface area contributed by atoms with Crippen molar-refractivity contribution in [3.63, 3.8) is 0 Å². The number of rotatable bonds is 8. The molecule has 1 atom stereocenters. The lowest BCUT2D eigenvalue weighted by molar-refractivity contribution is -0.126. The van der Waals surface area contributed by atoms with Crippen molar-refractivity contribution in [3.05, 3.63) is 58.7 Å². The van der Waals surface area contributed by atoms with Crippen molar-refractivity contribution in [1.29, 1.82) is 0 Å². The standard InChI is InChI=1S/C26H33N3O5S/c1-18-5-7-23(13-19(18)2)29-17-22(15-25(29)30)26(31)27-10-4-12-35(32,33)28-11-9-20-14-24(34-3)8-6-21(20)16-28/h5-8,13-14,22H,4,9-12,15-17H2,1-3H3,(H,27,31). The highest BCUT2D eigenvalue weighted by atomic mass is 32.2. The molecule has 0 spiro atoms. The van der Waals surface area contributed by atoms with E-state index < -0.39 is 15.9 Å². The summed E-state index contributed by atoms with van der Waals surface area (Å²) in [6.07, 6.45) is 1.13. The first-order valence-electron chi connectivity index (χ1n) is 12.0. The molecule has 1 N–H and O–H groups in total. The zero-order chi connectivity index (χ0) is 25.2. The van der Waals surface area contributed by atoms with E-state index >= 15 is 0 Å². The van der Waals surface area contributed by atoms with E-state index in [2.05, 4.69) is 5.32 Å². The monoisotopic (exact) mass is 499 g/mol. The van der Waals surface area contributed by atoms with Crippen molar-refractivity contribution in [2.24, 2.45) is 5.92 Å². The number of fused-ring (bicyclic) bond motifs is 1. The number of nitrogens with one attached hydrogen (secondary N) is 1. The summed E-state index contributed by atoms with van der Waals surface area (Å²) in [6, 6.07) is 11.6. The van der Waals surface area contributed by atoms with E-state index in [1.165, 1.54) is 4.31 Å². The fourth-order valence-electron chi connectivity index (χ4n) is 4.63. The highest BCUT2D eigenvalue weighted by molar-refractivity contribution is 7.89. The number of carbonyl (C=O) groups is 2. The van der Waals surface area contributed by atoms with E-state index in [0.29, 0.717) is 32.5 Å². The van der Waals surface area contributed by atoms with Crippen LogP contribution >= 0.6 is 0 Å². The molecular formula is C26H33N3O5S. The van der Waals surface area contributed by atoms with Gasteiger partial charge in [0.2, 0.25) is 21.8 Å². The van der Waals surface area contributed by atoms with Gasteiger partial charge in [-0.3, -0.25) is 9.59 Å². The van der Waals surface area contributed by atoms with Gasteiger partial charge in [0.05, 0.1) is 18.8 Å². The Hall–Kier alpha value is -2.91. The van der Waals surface area contributed by atoms with E-state index in [1.807, 2.05) is 50.2 Å². The second kappa shape index (κ2) is 10.4. The van der Waals surface area contributed by atoms with E-state index in [9.17, 15) is 18.0 Å². The fourth-order valence-corrected chi connectivity index (χ4v) is 6.11. The molecule has 0 saturated carbocycles. The Kier molecular flexibility index (Phi) is 7.47. The lowest BCUT2D eigenvalue weighted by Gasteiger charge is -2.28. The summed E-state index contributed by atoms with van der Waals surface area (Å²) in [6.45, 7) is 5.40. The van der Waals surface area contributed by atoms with E-state index in [1.54, 1.807) is 12.0 Å². The molecule has 2 aliphatic heterocycles. The van der Waals surface area contributed by atoms with Gasteiger partial charge < -0.3 is 15.0 Å². The minimum absolute atomic E-state index is 0.0306. The molecule has 2 aromatic rings. The molecule has 9 heteroatoms. The van der Waals surface area contributed by atoms with Crippen molar-refractivity contribution in [2.75, 3.05) is 37.4 Å². The first kappa shape index (κ1) is 25.2. The molecule has 2 aromatic carbocycles. The van der Waals surface area contributed by atoms with Gasteiger partial charge in [-0.05, 0) is 73.2 Å². The van der Waals surface area contributed by atoms with Crippen molar-refractivity contribution in [2.45, 2.75) is 39.7 Å². The first-order valence-corrected chi connectivity index (χ1v) is 13.6. The van der Waals surface area contributed by atoms with Gasteiger partial charge in [-0.15, -0.1) is 0 Å². The molecule has 8 nitrogen and oxygen atoms in total. The number of ether oxygens (including phenoxy) is 1. The van der Waals surface area contributed by atoms with Crippen LogP contribution in [0.5, 0.6) is 5.75 Å². The second-order valence-corrected chi connectivity index (χ2v) is 11.4. The zero-order valence-electron chi connectivity index (χ0n) is 20.5. The fraction of sp³-hybridized carbons (Fsp3) is 0.462. The summed E-state index contributed by atoms with van der Waals surface area (Å²) in [7, 11) is -1.81. The summed E-state index contributed by atoms with van der Waals surface area (Å²) < 4.78 is 32.5. The quantitative estimate of drug-likeness (QED) is 0.563. The Morgan fingerprint density at radius 3 is 2.66 bits per heavy atom. The largest absolute Gasteiger partial charge is 0.497 e. The molecule has 188 valence electrons. The Bertz CT molecular complexity index is 1230. The number of sulfonamides is 1. The summed E-state index contributed by atoms with van der Waals surface area (Å²) in [5.74, 6) is 0.0343. The third-order valence-electron chi connectivity index (χ3n) is 6.96. The van der Waals surface area contributed by atoms with Gasteiger partial charge in [0.1, 0.15) is 5.75 Å². The zero-order valence-corrected chi connectivity index (χ0v) is 21.4. The number of aryl methyl sites for hydroxylation is 2. The topological polar surface area (TPSA) is 96.0 Å². The van der Waals surface area contributed by atoms with Crippen LogP contribution in [0.15, 0.2) is 36.4 Å². The number of nitrogens with zero attached hydrogens (tertiary/aromatic N) is 2. The van der Waals surface area contributed by atoms with Gasteiger partial charge >= 0.3 is 0 Å². The van der Waals surface area contributed by atoms with Gasteiger partial charge in [0, 0.05) is 38.3 Å². The van der Waals surface area contributed by atoms with Gasteiger partial charge in [-0.1, -0.05) is 12.1 Å². The lowest BCUT2D eigenvalue weighted by atomic mass is 10.0. The van der Waals surface area contributed by atoms with Crippen LogP contribution in [-0.4, -0.2) is 57.0 Å². The van der Waals surface area contributed by atoms with Crippen LogP contribution in [0, 0.1) is 19.8 Å². The summed E-state index contributed by atoms with van der Waals surface area (Å²) in [5, 5.41) is 2.83. The van der Waals surface area contributed by atoms with Crippen molar-refractivity contribution < 1.29 is 22.7 Å². The van der Waals surface area contributed by atoms with Gasteiger partial charge in [-0.25, -0.2) is 8.42 Å². The van der Waals surface area contributed by atoms with E-state index in [-0.39, 0.29) is 30.5 Å². The minimum Gasteiger partial charge on any atom is -0.497 e. The van der Waals surface area contributed by atoms with Gasteiger partial charge in [0.25, 0.3) is 0 Å². The molecule has 0 aliphatic carbocycles. The van der Waals surface area contributed by atoms with Crippen molar-refractivity contribution >= 4 is 27.5 Å². The Morgan fingerprint density at radius 2 is 1.91 bits per heavy atom. The lowest BCUT2D eigenvalue weighted by Crippen LogP contribution is -2.38. The molecule has 2 amide bonds. The highest BCUT2D eigenvalue weighted by Gasteiger charge is 2.35. The van der Waals surface area contributed by atoms with Crippen LogP contribution < -0.4 is 15.0 Å². The van der Waals surface area contributed by atoms with Crippen LogP contribution in [0.1, 0.15) is 35.1 Å². The van der Waals surface area contributed by atoms with Crippen LogP contribution in [0.4, 0.5) is 5.69 Å².